The van der Waals surface area contributed by atoms with Gasteiger partial charge in [0, 0.05) is 30.7 Å². The molecular formula is C14H20F2N4O. The summed E-state index contributed by atoms with van der Waals surface area (Å²) >= 11 is 0. The van der Waals surface area contributed by atoms with E-state index in [0.29, 0.717) is 13.1 Å². The first-order valence-corrected chi connectivity index (χ1v) is 6.82. The molecule has 1 amide bonds. The Labute approximate surface area is 122 Å². The average molecular weight is 298 g/mol. The number of hydrogen-bond acceptors (Lipinski definition) is 4. The summed E-state index contributed by atoms with van der Waals surface area (Å²) in [4.78, 5) is 16.2. The highest BCUT2D eigenvalue weighted by molar-refractivity contribution is 5.94. The van der Waals surface area contributed by atoms with E-state index in [1.165, 1.54) is 0 Å². The van der Waals surface area contributed by atoms with Crippen molar-refractivity contribution >= 4 is 11.6 Å². The Hall–Kier alpha value is -1.73. The zero-order chi connectivity index (χ0) is 15.7. The maximum atomic E-state index is 13.7. The van der Waals surface area contributed by atoms with Crippen molar-refractivity contribution in [1.82, 2.24) is 9.80 Å². The van der Waals surface area contributed by atoms with Crippen LogP contribution in [0.4, 0.5) is 14.5 Å². The van der Waals surface area contributed by atoms with Gasteiger partial charge in [-0.2, -0.15) is 0 Å². The molecule has 1 aromatic rings. The Morgan fingerprint density at radius 1 is 1.24 bits per heavy atom. The summed E-state index contributed by atoms with van der Waals surface area (Å²) in [5.74, 6) is 2.91. The summed E-state index contributed by atoms with van der Waals surface area (Å²) < 4.78 is 27.4. The van der Waals surface area contributed by atoms with E-state index in [4.69, 9.17) is 5.84 Å². The van der Waals surface area contributed by atoms with Gasteiger partial charge in [-0.25, -0.2) is 8.78 Å². The number of nitrogens with one attached hydrogen (secondary N) is 1. The minimum absolute atomic E-state index is 0.00652. The summed E-state index contributed by atoms with van der Waals surface area (Å²) in [5.41, 5.74) is 1.50. The fourth-order valence-corrected chi connectivity index (χ4v) is 2.59. The Morgan fingerprint density at radius 3 is 2.14 bits per heavy atom. The first-order valence-electron chi connectivity index (χ1n) is 6.82. The van der Waals surface area contributed by atoms with Gasteiger partial charge in [0.1, 0.15) is 5.69 Å². The number of piperazine rings is 1. The van der Waals surface area contributed by atoms with Crippen LogP contribution in [0.2, 0.25) is 0 Å². The number of hydrogen-bond donors (Lipinski definition) is 2. The minimum Gasteiger partial charge on any atom is -0.336 e. The number of carbonyl (C=O) groups excluding carboxylic acids is 1. The lowest BCUT2D eigenvalue weighted by atomic mass is 10.1. The summed E-state index contributed by atoms with van der Waals surface area (Å²) in [6.45, 7) is 5.08. The molecule has 1 aromatic carbocycles. The summed E-state index contributed by atoms with van der Waals surface area (Å²) in [6, 6.07) is 2.40. The van der Waals surface area contributed by atoms with Crippen molar-refractivity contribution in [3.8, 4) is 0 Å². The number of benzene rings is 1. The molecule has 2 unspecified atom stereocenters. The molecule has 21 heavy (non-hydrogen) atoms. The normalized spacial score (nSPS) is 23.2. The molecule has 0 bridgehead atoms. The number of nitrogens with zero attached hydrogens (tertiary/aromatic N) is 2. The molecule has 1 heterocycles. The molecule has 7 heteroatoms. The first-order chi connectivity index (χ1) is 9.85. The van der Waals surface area contributed by atoms with Gasteiger partial charge >= 0.3 is 0 Å². The Balaban J connectivity index is 2.25. The zero-order valence-electron chi connectivity index (χ0n) is 12.4. The number of hydrazine groups is 1. The zero-order valence-corrected chi connectivity index (χ0v) is 12.4. The molecule has 0 radical (unpaired) electrons. The van der Waals surface area contributed by atoms with E-state index in [1.54, 1.807) is 4.90 Å². The topological polar surface area (TPSA) is 61.6 Å². The molecule has 0 spiro atoms. The molecule has 0 aliphatic carbocycles. The van der Waals surface area contributed by atoms with E-state index in [1.807, 2.05) is 26.3 Å². The van der Waals surface area contributed by atoms with Gasteiger partial charge in [-0.05, 0) is 33.0 Å². The molecule has 2 atom stereocenters. The Bertz CT molecular complexity index is 517. The van der Waals surface area contributed by atoms with Crippen molar-refractivity contribution in [1.29, 1.82) is 0 Å². The number of nitrogens with two attached hydrogens (primary N) is 1. The number of nitrogen functional groups attached to an aromatic ring is 1. The second-order valence-corrected chi connectivity index (χ2v) is 5.53. The first kappa shape index (κ1) is 15.7. The summed E-state index contributed by atoms with van der Waals surface area (Å²) in [6.07, 6.45) is 0. The number of halogens is 2. The van der Waals surface area contributed by atoms with Crippen LogP contribution in [0.3, 0.4) is 0 Å². The highest BCUT2D eigenvalue weighted by Gasteiger charge is 2.30. The van der Waals surface area contributed by atoms with Gasteiger partial charge in [0.25, 0.3) is 5.91 Å². The molecule has 116 valence electrons. The smallest absolute Gasteiger partial charge is 0.254 e. The van der Waals surface area contributed by atoms with Gasteiger partial charge in [0.05, 0.1) is 0 Å². The van der Waals surface area contributed by atoms with Crippen molar-refractivity contribution < 1.29 is 13.6 Å². The molecule has 1 aliphatic heterocycles. The number of likely N-dealkylation sites (N-methyl/N-ethyl adjacent to an activating group) is 1. The van der Waals surface area contributed by atoms with E-state index in [2.05, 4.69) is 4.90 Å². The fourth-order valence-electron chi connectivity index (χ4n) is 2.59. The lowest BCUT2D eigenvalue weighted by molar-refractivity contribution is 0.0413. The number of anilines is 1. The molecule has 3 N–H and O–H groups in total. The SMILES string of the molecule is CC1CN(C(=O)c2cc(F)c(NN)c(F)c2)CC(C)N1C. The number of carbonyl (C=O) groups is 1. The number of amides is 1. The van der Waals surface area contributed by atoms with E-state index in [0.717, 1.165) is 12.1 Å². The molecule has 0 saturated carbocycles. The van der Waals surface area contributed by atoms with Crippen LogP contribution in [0.15, 0.2) is 12.1 Å². The summed E-state index contributed by atoms with van der Waals surface area (Å²) in [5, 5.41) is 0. The molecule has 1 aliphatic rings. The third-order valence-electron chi connectivity index (χ3n) is 4.08. The second kappa shape index (κ2) is 5.95. The van der Waals surface area contributed by atoms with Gasteiger partial charge in [-0.15, -0.1) is 0 Å². The fraction of sp³-hybridized carbons (Fsp3) is 0.500. The predicted molar refractivity (Wildman–Crippen MR) is 76.8 cm³/mol. The van der Waals surface area contributed by atoms with E-state index >= 15 is 0 Å². The molecule has 5 nitrogen and oxygen atoms in total. The minimum atomic E-state index is -0.879. The van der Waals surface area contributed by atoms with Crippen molar-refractivity contribution in [2.75, 3.05) is 25.6 Å². The van der Waals surface area contributed by atoms with E-state index < -0.39 is 17.3 Å². The van der Waals surface area contributed by atoms with Crippen LogP contribution >= 0.6 is 0 Å². The average Bonchev–Trinajstić information content (AvgIpc) is 2.43. The maximum Gasteiger partial charge on any atom is 0.254 e. The van der Waals surface area contributed by atoms with Gasteiger partial charge in [-0.3, -0.25) is 15.5 Å². The lowest BCUT2D eigenvalue weighted by Gasteiger charge is -2.42. The lowest BCUT2D eigenvalue weighted by Crippen LogP contribution is -2.56. The van der Waals surface area contributed by atoms with E-state index in [9.17, 15) is 13.6 Å². The van der Waals surface area contributed by atoms with Crippen LogP contribution < -0.4 is 11.3 Å². The molecule has 0 aromatic heterocycles. The molecule has 1 fully saturated rings. The van der Waals surface area contributed by atoms with Crippen LogP contribution in [0.1, 0.15) is 24.2 Å². The van der Waals surface area contributed by atoms with Crippen LogP contribution in [-0.4, -0.2) is 47.9 Å². The van der Waals surface area contributed by atoms with Crippen molar-refractivity contribution in [2.45, 2.75) is 25.9 Å². The third kappa shape index (κ3) is 2.98. The monoisotopic (exact) mass is 298 g/mol. The largest absolute Gasteiger partial charge is 0.336 e. The highest BCUT2D eigenvalue weighted by atomic mass is 19.1. The Morgan fingerprint density at radius 2 is 1.71 bits per heavy atom. The van der Waals surface area contributed by atoms with Crippen molar-refractivity contribution in [3.05, 3.63) is 29.3 Å². The second-order valence-electron chi connectivity index (χ2n) is 5.53. The van der Waals surface area contributed by atoms with Gasteiger partial charge in [0.2, 0.25) is 0 Å². The Kier molecular flexibility index (Phi) is 4.43. The van der Waals surface area contributed by atoms with Crippen LogP contribution in [-0.2, 0) is 0 Å². The van der Waals surface area contributed by atoms with Crippen molar-refractivity contribution in [3.63, 3.8) is 0 Å². The third-order valence-corrected chi connectivity index (χ3v) is 4.08. The molecule has 2 rings (SSSR count). The van der Waals surface area contributed by atoms with Crippen LogP contribution in [0.25, 0.3) is 0 Å². The molecular weight excluding hydrogens is 278 g/mol. The standard InChI is InChI=1S/C14H20F2N4O/c1-8-6-20(7-9(2)19(8)3)14(21)10-4-11(15)13(18-17)12(16)5-10/h4-5,8-9,18H,6-7,17H2,1-3H3. The van der Waals surface area contributed by atoms with Crippen LogP contribution in [0, 0.1) is 11.6 Å². The van der Waals surface area contributed by atoms with Crippen LogP contribution in [0.5, 0.6) is 0 Å². The van der Waals surface area contributed by atoms with E-state index in [-0.39, 0.29) is 23.6 Å². The molecule has 1 saturated heterocycles. The van der Waals surface area contributed by atoms with Gasteiger partial charge < -0.3 is 10.3 Å². The maximum absolute atomic E-state index is 13.7. The van der Waals surface area contributed by atoms with Gasteiger partial charge in [0.15, 0.2) is 11.6 Å². The summed E-state index contributed by atoms with van der Waals surface area (Å²) in [7, 11) is 2.00. The number of rotatable bonds is 2. The van der Waals surface area contributed by atoms with Gasteiger partial charge in [-0.1, -0.05) is 0 Å². The van der Waals surface area contributed by atoms with Crippen molar-refractivity contribution in [2.24, 2.45) is 5.84 Å². The quantitative estimate of drug-likeness (QED) is 0.640. The highest BCUT2D eigenvalue weighted by Crippen LogP contribution is 2.22. The predicted octanol–water partition coefficient (Wildman–Crippen LogP) is 1.42.